The van der Waals surface area contributed by atoms with Crippen molar-refractivity contribution in [3.05, 3.63) is 88.4 Å². The van der Waals surface area contributed by atoms with Crippen LogP contribution in [0.2, 0.25) is 0 Å². The van der Waals surface area contributed by atoms with Crippen LogP contribution in [0.4, 0.5) is 5.69 Å². The van der Waals surface area contributed by atoms with Crippen molar-refractivity contribution in [2.75, 3.05) is 12.0 Å². The molecule has 1 aliphatic rings. The second-order valence-electron chi connectivity index (χ2n) is 7.82. The van der Waals surface area contributed by atoms with Crippen LogP contribution in [0.3, 0.4) is 0 Å². The Labute approximate surface area is 186 Å². The van der Waals surface area contributed by atoms with Gasteiger partial charge < -0.3 is 14.3 Å². The molecule has 0 saturated carbocycles. The minimum absolute atomic E-state index is 0.00261. The van der Waals surface area contributed by atoms with Gasteiger partial charge in [-0.2, -0.15) is 0 Å². The van der Waals surface area contributed by atoms with E-state index in [-0.39, 0.29) is 11.3 Å². The molecule has 4 rings (SSSR count). The summed E-state index contributed by atoms with van der Waals surface area (Å²) in [5, 5.41) is 11.2. The van der Waals surface area contributed by atoms with E-state index in [0.29, 0.717) is 28.5 Å². The van der Waals surface area contributed by atoms with Crippen LogP contribution in [0.5, 0.6) is 5.75 Å². The van der Waals surface area contributed by atoms with E-state index in [9.17, 15) is 14.7 Å². The van der Waals surface area contributed by atoms with Gasteiger partial charge in [0.05, 0.1) is 12.7 Å². The minimum Gasteiger partial charge on any atom is -0.507 e. The number of nitrogens with zero attached hydrogens (tertiary/aromatic N) is 1. The predicted molar refractivity (Wildman–Crippen MR) is 122 cm³/mol. The van der Waals surface area contributed by atoms with Crippen molar-refractivity contribution in [3.8, 4) is 5.75 Å². The number of methoxy groups -OCH3 is 1. The van der Waals surface area contributed by atoms with Crippen LogP contribution >= 0.6 is 0 Å². The van der Waals surface area contributed by atoms with Gasteiger partial charge >= 0.3 is 0 Å². The Morgan fingerprint density at radius 3 is 2.34 bits per heavy atom. The first-order chi connectivity index (χ1) is 15.3. The second-order valence-corrected chi connectivity index (χ2v) is 7.82. The summed E-state index contributed by atoms with van der Waals surface area (Å²) in [6.45, 7) is 5.65. The number of carbonyl (C=O) groups is 2. The van der Waals surface area contributed by atoms with Gasteiger partial charge in [0.2, 0.25) is 0 Å². The fourth-order valence-electron chi connectivity index (χ4n) is 4.03. The van der Waals surface area contributed by atoms with Crippen molar-refractivity contribution >= 4 is 23.1 Å². The van der Waals surface area contributed by atoms with Crippen LogP contribution in [-0.4, -0.2) is 23.9 Å². The van der Waals surface area contributed by atoms with Gasteiger partial charge in [0.15, 0.2) is 0 Å². The van der Waals surface area contributed by atoms with E-state index in [2.05, 4.69) is 0 Å². The molecule has 6 heteroatoms. The molecular formula is C26H25NO5. The molecule has 0 spiro atoms. The van der Waals surface area contributed by atoms with Gasteiger partial charge in [0, 0.05) is 11.3 Å². The molecule has 1 amide bonds. The third-order valence-corrected chi connectivity index (χ3v) is 5.79. The highest BCUT2D eigenvalue weighted by Crippen LogP contribution is 2.43. The molecule has 1 aromatic heterocycles. The number of Topliss-reactive ketones (excluding diaryl/α,β-unsaturated/α-hetero) is 1. The third-order valence-electron chi connectivity index (χ3n) is 5.79. The Hall–Kier alpha value is -3.80. The van der Waals surface area contributed by atoms with Gasteiger partial charge in [-0.25, -0.2) is 0 Å². The smallest absolute Gasteiger partial charge is 0.300 e. The highest BCUT2D eigenvalue weighted by atomic mass is 16.5. The lowest BCUT2D eigenvalue weighted by Gasteiger charge is -2.23. The van der Waals surface area contributed by atoms with Gasteiger partial charge in [-0.05, 0) is 73.9 Å². The first kappa shape index (κ1) is 21.4. The number of benzene rings is 2. The quantitative estimate of drug-likeness (QED) is 0.346. The monoisotopic (exact) mass is 431 g/mol. The highest BCUT2D eigenvalue weighted by Gasteiger charge is 2.48. The second kappa shape index (κ2) is 8.38. The first-order valence-corrected chi connectivity index (χ1v) is 10.5. The number of carbonyl (C=O) groups excluding carboxylic acids is 2. The summed E-state index contributed by atoms with van der Waals surface area (Å²) in [4.78, 5) is 27.7. The molecule has 1 N–H and O–H groups in total. The summed E-state index contributed by atoms with van der Waals surface area (Å²) >= 11 is 0. The molecule has 164 valence electrons. The number of aliphatic hydroxyl groups is 1. The van der Waals surface area contributed by atoms with E-state index in [1.165, 1.54) is 4.90 Å². The summed E-state index contributed by atoms with van der Waals surface area (Å²) in [6, 6.07) is 15.2. The number of ether oxygens (including phenoxy) is 1. The van der Waals surface area contributed by atoms with Gasteiger partial charge in [-0.15, -0.1) is 0 Å². The lowest BCUT2D eigenvalue weighted by molar-refractivity contribution is -0.132. The topological polar surface area (TPSA) is 80.0 Å². The van der Waals surface area contributed by atoms with Crippen LogP contribution in [-0.2, 0) is 16.0 Å². The van der Waals surface area contributed by atoms with Crippen molar-refractivity contribution in [1.29, 1.82) is 0 Å². The van der Waals surface area contributed by atoms with Gasteiger partial charge in [0.25, 0.3) is 11.7 Å². The first-order valence-electron chi connectivity index (χ1n) is 10.5. The molecule has 0 bridgehead atoms. The maximum atomic E-state index is 13.2. The Morgan fingerprint density at radius 2 is 1.78 bits per heavy atom. The maximum Gasteiger partial charge on any atom is 0.300 e. The van der Waals surface area contributed by atoms with E-state index in [4.69, 9.17) is 9.15 Å². The summed E-state index contributed by atoms with van der Waals surface area (Å²) in [6.07, 6.45) is 0.858. The van der Waals surface area contributed by atoms with Gasteiger partial charge in [0.1, 0.15) is 29.1 Å². The number of ketones is 1. The Balaban J connectivity index is 1.91. The predicted octanol–water partition coefficient (Wildman–Crippen LogP) is 5.09. The zero-order valence-corrected chi connectivity index (χ0v) is 18.5. The number of rotatable bonds is 5. The normalized spacial score (nSPS) is 17.8. The number of anilines is 1. The van der Waals surface area contributed by atoms with E-state index in [0.717, 1.165) is 17.5 Å². The molecule has 32 heavy (non-hydrogen) atoms. The lowest BCUT2D eigenvalue weighted by Crippen LogP contribution is -2.29. The molecule has 1 unspecified atom stereocenters. The van der Waals surface area contributed by atoms with E-state index < -0.39 is 17.7 Å². The van der Waals surface area contributed by atoms with E-state index >= 15 is 0 Å². The van der Waals surface area contributed by atoms with Crippen molar-refractivity contribution in [3.63, 3.8) is 0 Å². The Kier molecular flexibility index (Phi) is 5.61. The number of amides is 1. The molecule has 2 heterocycles. The summed E-state index contributed by atoms with van der Waals surface area (Å²) in [5.41, 5.74) is 2.85. The molecule has 0 aliphatic carbocycles. The van der Waals surface area contributed by atoms with E-state index in [1.807, 2.05) is 38.1 Å². The van der Waals surface area contributed by atoms with Crippen LogP contribution in [0.1, 0.15) is 41.2 Å². The largest absolute Gasteiger partial charge is 0.507 e. The van der Waals surface area contributed by atoms with Crippen LogP contribution in [0.25, 0.3) is 5.76 Å². The molecule has 0 radical (unpaired) electrons. The lowest BCUT2D eigenvalue weighted by atomic mass is 9.96. The average Bonchev–Trinajstić information content (AvgIpc) is 3.34. The molecule has 1 fully saturated rings. The molecule has 2 aromatic carbocycles. The van der Waals surface area contributed by atoms with E-state index in [1.54, 1.807) is 44.4 Å². The Morgan fingerprint density at radius 1 is 1.06 bits per heavy atom. The molecule has 6 nitrogen and oxygen atoms in total. The summed E-state index contributed by atoms with van der Waals surface area (Å²) in [5.74, 6) is -0.0113. The fourth-order valence-corrected chi connectivity index (χ4v) is 4.03. The van der Waals surface area contributed by atoms with Crippen molar-refractivity contribution < 1.29 is 23.8 Å². The average molecular weight is 431 g/mol. The van der Waals surface area contributed by atoms with Crippen molar-refractivity contribution in [1.82, 2.24) is 0 Å². The van der Waals surface area contributed by atoms with Crippen molar-refractivity contribution in [2.45, 2.75) is 33.2 Å². The number of hydrogen-bond donors (Lipinski definition) is 1. The number of furan rings is 1. The number of hydrogen-bond acceptors (Lipinski definition) is 5. The minimum atomic E-state index is -0.877. The van der Waals surface area contributed by atoms with Gasteiger partial charge in [-0.1, -0.05) is 19.1 Å². The summed E-state index contributed by atoms with van der Waals surface area (Å²) in [7, 11) is 1.56. The third kappa shape index (κ3) is 3.58. The van der Waals surface area contributed by atoms with Crippen LogP contribution in [0, 0.1) is 13.8 Å². The maximum absolute atomic E-state index is 13.2. The zero-order valence-electron chi connectivity index (χ0n) is 18.5. The number of aryl methyl sites for hydroxylation is 3. The van der Waals surface area contributed by atoms with Crippen LogP contribution < -0.4 is 9.64 Å². The Bertz CT molecular complexity index is 1220. The molecule has 3 aromatic rings. The summed E-state index contributed by atoms with van der Waals surface area (Å²) < 4.78 is 11.1. The molecular weight excluding hydrogens is 406 g/mol. The van der Waals surface area contributed by atoms with Crippen LogP contribution in [0.15, 0.2) is 64.6 Å². The fraction of sp³-hybridized carbons (Fsp3) is 0.231. The zero-order chi connectivity index (χ0) is 23.0. The SMILES string of the molecule is CCc1ccc(N2C(=O)C(=O)/C(=C(\O)c3ccc(OC)cc3C)C2c2ccc(C)o2)cc1. The van der Waals surface area contributed by atoms with Crippen molar-refractivity contribution in [2.24, 2.45) is 0 Å². The van der Waals surface area contributed by atoms with Gasteiger partial charge in [-0.3, -0.25) is 14.5 Å². The molecule has 1 saturated heterocycles. The number of aliphatic hydroxyl groups excluding tert-OH is 1. The standard InChI is InChI=1S/C26H25NO5/c1-5-17-7-9-18(10-8-17)27-23(21-13-6-16(3)32-21)22(25(29)26(27)30)24(28)20-12-11-19(31-4)14-15(20)2/h6-14,23,28H,5H2,1-4H3/b24-22-. The molecule has 1 aliphatic heterocycles. The molecule has 1 atom stereocenters. The highest BCUT2D eigenvalue weighted by molar-refractivity contribution is 6.51.